The highest BCUT2D eigenvalue weighted by Gasteiger charge is 2.31. The molecule has 0 bridgehead atoms. The molecule has 3 aromatic rings. The van der Waals surface area contributed by atoms with Gasteiger partial charge in [-0.25, -0.2) is 0 Å². The molecule has 0 saturated carbocycles. The van der Waals surface area contributed by atoms with Crippen molar-refractivity contribution in [2.45, 2.75) is 20.1 Å². The summed E-state index contributed by atoms with van der Waals surface area (Å²) in [7, 11) is 2.98. The van der Waals surface area contributed by atoms with Gasteiger partial charge in [0.1, 0.15) is 22.8 Å². The molecular formula is C28H31Cl2N3O6. The zero-order valence-corrected chi connectivity index (χ0v) is 23.6. The van der Waals surface area contributed by atoms with Crippen LogP contribution >= 0.6 is 23.2 Å². The van der Waals surface area contributed by atoms with Gasteiger partial charge in [-0.1, -0.05) is 41.4 Å². The van der Waals surface area contributed by atoms with E-state index < -0.39 is 17.2 Å². The summed E-state index contributed by atoms with van der Waals surface area (Å²) in [6.07, 6.45) is 0. The number of ether oxygens (including phenoxy) is 3. The summed E-state index contributed by atoms with van der Waals surface area (Å²) >= 11 is 12.5. The predicted octanol–water partition coefficient (Wildman–Crippen LogP) is 4.57. The number of hydrogen-bond donors (Lipinski definition) is 2. The van der Waals surface area contributed by atoms with Gasteiger partial charge in [0.25, 0.3) is 11.5 Å². The number of piperazine rings is 1. The molecule has 2 heterocycles. The molecule has 0 radical (unpaired) electrons. The number of carbonyl (C=O) groups is 1. The van der Waals surface area contributed by atoms with Crippen LogP contribution in [0.15, 0.2) is 41.2 Å². The Labute approximate surface area is 236 Å². The molecule has 208 valence electrons. The van der Waals surface area contributed by atoms with E-state index in [2.05, 4.69) is 9.88 Å². The Bertz CT molecular complexity index is 1380. The molecule has 1 saturated heterocycles. The molecule has 2 N–H and O–H groups in total. The number of halogens is 2. The van der Waals surface area contributed by atoms with E-state index in [0.717, 1.165) is 5.56 Å². The number of hydrogen-bond acceptors (Lipinski definition) is 7. The van der Waals surface area contributed by atoms with E-state index in [9.17, 15) is 14.7 Å². The summed E-state index contributed by atoms with van der Waals surface area (Å²) in [4.78, 5) is 33.2. The number of pyridine rings is 1. The summed E-state index contributed by atoms with van der Waals surface area (Å²) in [5.41, 5.74) is 0.792. The third kappa shape index (κ3) is 6.01. The SMILES string of the molecule is CCOCc1[nH]c(=O)c(C(=O)N2CCN(Cc3cccc(Cl)c3Cl)CC2)c(O)c1-c1c(OC)cccc1OC. The number of aromatic nitrogens is 1. The van der Waals surface area contributed by atoms with Crippen molar-refractivity contribution in [1.82, 2.24) is 14.8 Å². The molecule has 1 aromatic heterocycles. The molecule has 9 nitrogen and oxygen atoms in total. The quantitative estimate of drug-likeness (QED) is 0.385. The number of nitrogens with zero attached hydrogens (tertiary/aromatic N) is 2. The Morgan fingerprint density at radius 1 is 1.00 bits per heavy atom. The predicted molar refractivity (Wildman–Crippen MR) is 150 cm³/mol. The van der Waals surface area contributed by atoms with E-state index in [0.29, 0.717) is 72.1 Å². The topological polar surface area (TPSA) is 104 Å². The van der Waals surface area contributed by atoms with E-state index in [1.807, 2.05) is 19.1 Å². The fourth-order valence-corrected chi connectivity index (χ4v) is 5.07. The summed E-state index contributed by atoms with van der Waals surface area (Å²) < 4.78 is 16.6. The van der Waals surface area contributed by atoms with Gasteiger partial charge in [-0.2, -0.15) is 0 Å². The highest BCUT2D eigenvalue weighted by Crippen LogP contribution is 2.44. The molecule has 1 amide bonds. The number of carbonyl (C=O) groups excluding carboxylic acids is 1. The average molecular weight is 576 g/mol. The lowest BCUT2D eigenvalue weighted by molar-refractivity contribution is 0.0623. The third-order valence-corrected chi connectivity index (χ3v) is 7.55. The molecule has 1 aliphatic heterocycles. The highest BCUT2D eigenvalue weighted by molar-refractivity contribution is 6.42. The van der Waals surface area contributed by atoms with Gasteiger partial charge in [0.05, 0.1) is 47.7 Å². The first-order chi connectivity index (χ1) is 18.8. The minimum atomic E-state index is -0.696. The second-order valence-corrected chi connectivity index (χ2v) is 9.77. The normalized spacial score (nSPS) is 13.9. The van der Waals surface area contributed by atoms with E-state index in [4.69, 9.17) is 37.4 Å². The number of rotatable bonds is 9. The summed E-state index contributed by atoms with van der Waals surface area (Å²) in [6, 6.07) is 10.7. The Kier molecular flexibility index (Phi) is 9.40. The van der Waals surface area contributed by atoms with Crippen molar-refractivity contribution in [2.24, 2.45) is 0 Å². The maximum Gasteiger partial charge on any atom is 0.264 e. The second-order valence-electron chi connectivity index (χ2n) is 8.99. The summed E-state index contributed by atoms with van der Waals surface area (Å²) in [5, 5.41) is 12.5. The van der Waals surface area contributed by atoms with Gasteiger partial charge < -0.3 is 29.2 Å². The monoisotopic (exact) mass is 575 g/mol. The standard InChI is InChI=1S/C28H31Cl2N3O6/c1-4-39-16-19-22(23-20(37-2)9-6-10-21(23)38-3)26(34)24(27(35)31-19)28(36)33-13-11-32(12-14-33)15-17-7-5-8-18(29)25(17)30/h5-10H,4,11-16H2,1-3H3,(H2,31,34,35). The van der Waals surface area contributed by atoms with Gasteiger partial charge in [-0.15, -0.1) is 0 Å². The average Bonchev–Trinajstić information content (AvgIpc) is 2.94. The lowest BCUT2D eigenvalue weighted by Crippen LogP contribution is -2.49. The smallest absolute Gasteiger partial charge is 0.264 e. The first kappa shape index (κ1) is 28.8. The lowest BCUT2D eigenvalue weighted by atomic mass is 9.97. The molecule has 1 aliphatic rings. The first-order valence-electron chi connectivity index (χ1n) is 12.5. The van der Waals surface area contributed by atoms with Crippen LogP contribution in [-0.4, -0.2) is 72.8 Å². The number of amides is 1. The number of H-pyrrole nitrogens is 1. The van der Waals surface area contributed by atoms with Crippen LogP contribution in [0.1, 0.15) is 28.5 Å². The van der Waals surface area contributed by atoms with E-state index >= 15 is 0 Å². The molecule has 0 spiro atoms. The Balaban J connectivity index is 1.66. The summed E-state index contributed by atoms with van der Waals surface area (Å²) in [5.74, 6) is -0.205. The van der Waals surface area contributed by atoms with E-state index in [1.54, 1.807) is 29.2 Å². The van der Waals surface area contributed by atoms with E-state index in [1.165, 1.54) is 14.2 Å². The molecule has 0 aliphatic carbocycles. The Hall–Kier alpha value is -3.24. The number of nitrogens with one attached hydrogen (secondary N) is 1. The number of aromatic amines is 1. The lowest BCUT2D eigenvalue weighted by Gasteiger charge is -2.35. The maximum absolute atomic E-state index is 13.6. The molecule has 39 heavy (non-hydrogen) atoms. The molecule has 4 rings (SSSR count). The van der Waals surface area contributed by atoms with Crippen LogP contribution in [0.5, 0.6) is 17.2 Å². The highest BCUT2D eigenvalue weighted by atomic mass is 35.5. The van der Waals surface area contributed by atoms with Crippen molar-refractivity contribution >= 4 is 29.1 Å². The Morgan fingerprint density at radius 3 is 2.26 bits per heavy atom. The number of benzene rings is 2. The Morgan fingerprint density at radius 2 is 1.64 bits per heavy atom. The van der Waals surface area contributed by atoms with Crippen molar-refractivity contribution in [1.29, 1.82) is 0 Å². The van der Waals surface area contributed by atoms with Crippen molar-refractivity contribution in [3.63, 3.8) is 0 Å². The molecule has 2 aromatic carbocycles. The van der Waals surface area contributed by atoms with Gasteiger partial charge in [0.15, 0.2) is 0 Å². The van der Waals surface area contributed by atoms with Crippen LogP contribution in [0.2, 0.25) is 10.0 Å². The maximum atomic E-state index is 13.6. The third-order valence-electron chi connectivity index (χ3n) is 6.69. The van der Waals surface area contributed by atoms with Crippen molar-refractivity contribution < 1.29 is 24.1 Å². The van der Waals surface area contributed by atoms with Crippen LogP contribution < -0.4 is 15.0 Å². The van der Waals surface area contributed by atoms with Crippen LogP contribution in [0.3, 0.4) is 0 Å². The molecule has 1 fully saturated rings. The van der Waals surface area contributed by atoms with Crippen LogP contribution in [0.4, 0.5) is 0 Å². The molecule has 0 unspecified atom stereocenters. The van der Waals surface area contributed by atoms with Crippen molar-refractivity contribution in [3.8, 4) is 28.4 Å². The van der Waals surface area contributed by atoms with Gasteiger partial charge in [-0.05, 0) is 30.7 Å². The van der Waals surface area contributed by atoms with Crippen molar-refractivity contribution in [3.05, 3.63) is 73.6 Å². The minimum absolute atomic E-state index is 0.00897. The zero-order valence-electron chi connectivity index (χ0n) is 22.1. The van der Waals surface area contributed by atoms with Gasteiger partial charge >= 0.3 is 0 Å². The number of aromatic hydroxyl groups is 1. The molecular weight excluding hydrogens is 545 g/mol. The van der Waals surface area contributed by atoms with Crippen LogP contribution in [-0.2, 0) is 17.9 Å². The van der Waals surface area contributed by atoms with Gasteiger partial charge in [0.2, 0.25) is 0 Å². The minimum Gasteiger partial charge on any atom is -0.506 e. The van der Waals surface area contributed by atoms with Gasteiger partial charge in [-0.3, -0.25) is 14.5 Å². The van der Waals surface area contributed by atoms with Crippen LogP contribution in [0.25, 0.3) is 11.1 Å². The largest absolute Gasteiger partial charge is 0.506 e. The second kappa shape index (κ2) is 12.7. The van der Waals surface area contributed by atoms with Gasteiger partial charge in [0, 0.05) is 39.3 Å². The first-order valence-corrected chi connectivity index (χ1v) is 13.3. The molecule has 0 atom stereocenters. The fraction of sp³-hybridized carbons (Fsp3) is 0.357. The molecule has 11 heteroatoms. The zero-order chi connectivity index (χ0) is 28.1. The summed E-state index contributed by atoms with van der Waals surface area (Å²) in [6.45, 7) is 4.64. The van der Waals surface area contributed by atoms with Crippen molar-refractivity contribution in [2.75, 3.05) is 47.0 Å². The van der Waals surface area contributed by atoms with Crippen LogP contribution in [0, 0.1) is 0 Å². The fourth-order valence-electron chi connectivity index (χ4n) is 4.69. The van der Waals surface area contributed by atoms with E-state index in [-0.39, 0.29) is 17.7 Å². The number of methoxy groups -OCH3 is 2.